The van der Waals surface area contributed by atoms with Crippen molar-refractivity contribution in [1.29, 1.82) is 0 Å². The highest BCUT2D eigenvalue weighted by Gasteiger charge is 2.29. The van der Waals surface area contributed by atoms with Gasteiger partial charge in [0.05, 0.1) is 0 Å². The summed E-state index contributed by atoms with van der Waals surface area (Å²) in [5.74, 6) is 0.226. The maximum absolute atomic E-state index is 12.3. The summed E-state index contributed by atoms with van der Waals surface area (Å²) < 4.78 is 0. The number of benzene rings is 2. The lowest BCUT2D eigenvalue weighted by atomic mass is 9.78. The number of ketones is 1. The van der Waals surface area contributed by atoms with E-state index in [-0.39, 0.29) is 5.92 Å². The van der Waals surface area contributed by atoms with Gasteiger partial charge in [-0.2, -0.15) is 0 Å². The third-order valence-corrected chi connectivity index (χ3v) is 4.13. The molecular formula is C17H15ClO. The van der Waals surface area contributed by atoms with E-state index in [0.717, 1.165) is 23.4 Å². The van der Waals surface area contributed by atoms with Crippen molar-refractivity contribution in [2.24, 2.45) is 0 Å². The second-order valence-corrected chi connectivity index (χ2v) is 5.43. The highest BCUT2D eigenvalue weighted by atomic mass is 35.5. The molecule has 96 valence electrons. The molecule has 1 atom stereocenters. The highest BCUT2D eigenvalue weighted by molar-refractivity contribution is 6.31. The van der Waals surface area contributed by atoms with Crippen LogP contribution >= 0.6 is 11.6 Å². The van der Waals surface area contributed by atoms with Crippen molar-refractivity contribution in [3.8, 4) is 0 Å². The predicted molar refractivity (Wildman–Crippen MR) is 77.7 cm³/mol. The van der Waals surface area contributed by atoms with Gasteiger partial charge in [0, 0.05) is 17.4 Å². The molecule has 1 unspecified atom stereocenters. The number of aryl methyl sites for hydroxylation is 1. The summed E-state index contributed by atoms with van der Waals surface area (Å²) in [5, 5.41) is 0.728. The minimum absolute atomic E-state index is 0.0835. The molecular weight excluding hydrogens is 256 g/mol. The molecule has 0 saturated heterocycles. The Balaban J connectivity index is 2.00. The van der Waals surface area contributed by atoms with Crippen LogP contribution < -0.4 is 0 Å². The number of fused-ring (bicyclic) bond motifs is 1. The summed E-state index contributed by atoms with van der Waals surface area (Å²) in [6.07, 6.45) is 2.20. The second-order valence-electron chi connectivity index (χ2n) is 5.02. The van der Waals surface area contributed by atoms with Crippen molar-refractivity contribution >= 4 is 17.4 Å². The van der Waals surface area contributed by atoms with Crippen LogP contribution in [0.3, 0.4) is 0 Å². The standard InChI is InChI=1S/C17H15ClO/c18-15-8-4-7-13-9-10-16(19)14(17(13)15)11-12-5-2-1-3-6-12/h1-8,14H,9-11H2. The second kappa shape index (κ2) is 5.18. The van der Waals surface area contributed by atoms with Crippen molar-refractivity contribution in [1.82, 2.24) is 0 Å². The van der Waals surface area contributed by atoms with Crippen LogP contribution in [-0.4, -0.2) is 5.78 Å². The molecule has 0 heterocycles. The van der Waals surface area contributed by atoms with Crippen molar-refractivity contribution in [2.75, 3.05) is 0 Å². The van der Waals surface area contributed by atoms with Gasteiger partial charge in [0.25, 0.3) is 0 Å². The number of hydrogen-bond acceptors (Lipinski definition) is 1. The molecule has 1 nitrogen and oxygen atoms in total. The van der Waals surface area contributed by atoms with Gasteiger partial charge in [0.1, 0.15) is 5.78 Å². The van der Waals surface area contributed by atoms with Crippen LogP contribution in [0.15, 0.2) is 48.5 Å². The number of Topliss-reactive ketones (excluding diaryl/α,β-unsaturated/α-hetero) is 1. The predicted octanol–water partition coefficient (Wildman–Crippen LogP) is 4.18. The van der Waals surface area contributed by atoms with Gasteiger partial charge in [-0.25, -0.2) is 0 Å². The Hall–Kier alpha value is -1.60. The number of hydrogen-bond donors (Lipinski definition) is 0. The van der Waals surface area contributed by atoms with E-state index in [4.69, 9.17) is 11.6 Å². The van der Waals surface area contributed by atoms with Crippen LogP contribution in [0.1, 0.15) is 29.0 Å². The van der Waals surface area contributed by atoms with Crippen LogP contribution in [0, 0.1) is 0 Å². The SMILES string of the molecule is O=C1CCc2cccc(Cl)c2C1Cc1ccccc1. The summed E-state index contributed by atoms with van der Waals surface area (Å²) in [6.45, 7) is 0. The fraction of sp³-hybridized carbons (Fsp3) is 0.235. The van der Waals surface area contributed by atoms with Gasteiger partial charge in [0.15, 0.2) is 0 Å². The molecule has 0 spiro atoms. The summed E-state index contributed by atoms with van der Waals surface area (Å²) >= 11 is 6.32. The van der Waals surface area contributed by atoms with Gasteiger partial charge in [-0.1, -0.05) is 54.1 Å². The average Bonchev–Trinajstić information content (AvgIpc) is 2.43. The average molecular weight is 271 g/mol. The van der Waals surface area contributed by atoms with E-state index < -0.39 is 0 Å². The summed E-state index contributed by atoms with van der Waals surface area (Å²) in [4.78, 5) is 12.3. The molecule has 3 rings (SSSR count). The Morgan fingerprint density at radius 2 is 1.79 bits per heavy atom. The molecule has 0 amide bonds. The molecule has 0 bridgehead atoms. The number of carbonyl (C=O) groups excluding carboxylic acids is 1. The lowest BCUT2D eigenvalue weighted by molar-refractivity contribution is -0.120. The topological polar surface area (TPSA) is 17.1 Å². The van der Waals surface area contributed by atoms with E-state index in [2.05, 4.69) is 18.2 Å². The van der Waals surface area contributed by atoms with Gasteiger partial charge in [0.2, 0.25) is 0 Å². The van der Waals surface area contributed by atoms with Crippen LogP contribution in [0.2, 0.25) is 5.02 Å². The van der Waals surface area contributed by atoms with Crippen molar-refractivity contribution in [3.05, 3.63) is 70.2 Å². The third-order valence-electron chi connectivity index (χ3n) is 3.80. The normalized spacial score (nSPS) is 18.2. The van der Waals surface area contributed by atoms with Crippen LogP contribution in [-0.2, 0) is 17.6 Å². The lowest BCUT2D eigenvalue weighted by Gasteiger charge is -2.25. The van der Waals surface area contributed by atoms with E-state index in [0.29, 0.717) is 12.2 Å². The molecule has 0 radical (unpaired) electrons. The maximum atomic E-state index is 12.3. The van der Waals surface area contributed by atoms with Gasteiger partial charge >= 0.3 is 0 Å². The van der Waals surface area contributed by atoms with Crippen LogP contribution in [0.5, 0.6) is 0 Å². The zero-order valence-electron chi connectivity index (χ0n) is 10.6. The monoisotopic (exact) mass is 270 g/mol. The maximum Gasteiger partial charge on any atom is 0.141 e. The van der Waals surface area contributed by atoms with Gasteiger partial charge in [-0.05, 0) is 35.6 Å². The van der Waals surface area contributed by atoms with Crippen molar-refractivity contribution < 1.29 is 4.79 Å². The fourth-order valence-corrected chi connectivity index (χ4v) is 3.17. The van der Waals surface area contributed by atoms with E-state index in [1.165, 1.54) is 11.1 Å². The zero-order valence-corrected chi connectivity index (χ0v) is 11.4. The smallest absolute Gasteiger partial charge is 0.141 e. The zero-order chi connectivity index (χ0) is 13.2. The Kier molecular flexibility index (Phi) is 3.39. The van der Waals surface area contributed by atoms with E-state index in [9.17, 15) is 4.79 Å². The molecule has 2 aromatic rings. The van der Waals surface area contributed by atoms with Gasteiger partial charge in [-0.15, -0.1) is 0 Å². The Labute approximate surface area is 118 Å². The van der Waals surface area contributed by atoms with E-state index in [1.54, 1.807) is 0 Å². The molecule has 19 heavy (non-hydrogen) atoms. The molecule has 0 aromatic heterocycles. The minimum Gasteiger partial charge on any atom is -0.299 e. The first kappa shape index (κ1) is 12.4. The third kappa shape index (κ3) is 2.43. The molecule has 0 fully saturated rings. The Bertz CT molecular complexity index is 604. The molecule has 0 N–H and O–H groups in total. The Morgan fingerprint density at radius 3 is 2.58 bits per heavy atom. The van der Waals surface area contributed by atoms with Crippen molar-refractivity contribution in [2.45, 2.75) is 25.2 Å². The summed E-state index contributed by atoms with van der Waals surface area (Å²) in [7, 11) is 0. The number of rotatable bonds is 2. The first-order valence-corrected chi connectivity index (χ1v) is 6.97. The molecule has 2 aromatic carbocycles. The molecule has 2 heteroatoms. The fourth-order valence-electron chi connectivity index (χ4n) is 2.85. The number of halogens is 1. The number of carbonyl (C=O) groups is 1. The van der Waals surface area contributed by atoms with E-state index in [1.807, 2.05) is 30.3 Å². The van der Waals surface area contributed by atoms with Gasteiger partial charge in [-0.3, -0.25) is 4.79 Å². The van der Waals surface area contributed by atoms with Gasteiger partial charge < -0.3 is 0 Å². The van der Waals surface area contributed by atoms with Crippen LogP contribution in [0.4, 0.5) is 0 Å². The Morgan fingerprint density at radius 1 is 1.00 bits per heavy atom. The minimum atomic E-state index is -0.0835. The van der Waals surface area contributed by atoms with Crippen molar-refractivity contribution in [3.63, 3.8) is 0 Å². The molecule has 1 aliphatic rings. The summed E-state index contributed by atoms with van der Waals surface area (Å²) in [6, 6.07) is 16.1. The first-order valence-electron chi connectivity index (χ1n) is 6.59. The van der Waals surface area contributed by atoms with E-state index >= 15 is 0 Å². The lowest BCUT2D eigenvalue weighted by Crippen LogP contribution is -2.22. The summed E-state index contributed by atoms with van der Waals surface area (Å²) in [5.41, 5.74) is 3.46. The molecule has 1 aliphatic carbocycles. The molecule has 0 aliphatic heterocycles. The largest absolute Gasteiger partial charge is 0.299 e. The van der Waals surface area contributed by atoms with Crippen LogP contribution in [0.25, 0.3) is 0 Å². The first-order chi connectivity index (χ1) is 9.25. The molecule has 0 saturated carbocycles. The highest BCUT2D eigenvalue weighted by Crippen LogP contribution is 2.36. The quantitative estimate of drug-likeness (QED) is 0.800.